The first-order valence-corrected chi connectivity index (χ1v) is 5.59. The van der Waals surface area contributed by atoms with E-state index in [0.29, 0.717) is 0 Å². The summed E-state index contributed by atoms with van der Waals surface area (Å²) in [5.74, 6) is 1.96. The average molecular weight is 216 g/mol. The predicted molar refractivity (Wildman–Crippen MR) is 64.3 cm³/mol. The molecule has 0 aliphatic carbocycles. The second-order valence-electron chi connectivity index (χ2n) is 3.74. The maximum absolute atomic E-state index is 5.40. The third-order valence-electron chi connectivity index (χ3n) is 2.79. The average Bonchev–Trinajstić information content (AvgIpc) is 2.94. The van der Waals surface area contributed by atoms with E-state index < -0.39 is 0 Å². The Morgan fingerprint density at radius 1 is 1.12 bits per heavy atom. The second kappa shape index (κ2) is 4.88. The molecule has 16 heavy (non-hydrogen) atoms. The normalized spacial score (nSPS) is 10.6. The van der Waals surface area contributed by atoms with Crippen molar-refractivity contribution in [2.24, 2.45) is 0 Å². The summed E-state index contributed by atoms with van der Waals surface area (Å²) in [6, 6.07) is 4.05. The molecule has 2 nitrogen and oxygen atoms in total. The molecule has 2 aromatic rings. The maximum atomic E-state index is 5.40. The smallest absolute Gasteiger partial charge is 0.129 e. The predicted octanol–water partition coefficient (Wildman–Crippen LogP) is 3.86. The topological polar surface area (TPSA) is 26.3 Å². The molecule has 0 saturated carbocycles. The Hall–Kier alpha value is -1.70. The standard InChI is InChI=1S/C14H16O2/c1-3-13-11(7-9-15-13)5-6-12-8-10-16-14(12)4-2/h3,7-10H,1,4-6H2,2H3. The number of hydrogen-bond acceptors (Lipinski definition) is 2. The van der Waals surface area contributed by atoms with Crippen LogP contribution in [-0.2, 0) is 19.3 Å². The highest BCUT2D eigenvalue weighted by Gasteiger charge is 2.07. The number of aryl methyl sites for hydroxylation is 3. The summed E-state index contributed by atoms with van der Waals surface area (Å²) < 4.78 is 10.7. The van der Waals surface area contributed by atoms with Gasteiger partial charge in [0.05, 0.1) is 12.5 Å². The van der Waals surface area contributed by atoms with Crippen LogP contribution in [0.2, 0.25) is 0 Å². The van der Waals surface area contributed by atoms with E-state index in [-0.39, 0.29) is 0 Å². The Morgan fingerprint density at radius 3 is 2.56 bits per heavy atom. The molecule has 0 radical (unpaired) electrons. The van der Waals surface area contributed by atoms with E-state index in [0.717, 1.165) is 30.8 Å². The zero-order chi connectivity index (χ0) is 11.4. The maximum Gasteiger partial charge on any atom is 0.129 e. The Morgan fingerprint density at radius 2 is 1.81 bits per heavy atom. The molecule has 2 rings (SSSR count). The lowest BCUT2D eigenvalue weighted by Gasteiger charge is -2.00. The fraction of sp³-hybridized carbons (Fsp3) is 0.286. The van der Waals surface area contributed by atoms with Crippen molar-refractivity contribution in [3.05, 3.63) is 53.9 Å². The minimum atomic E-state index is 0.876. The zero-order valence-electron chi connectivity index (χ0n) is 9.53. The zero-order valence-corrected chi connectivity index (χ0v) is 9.53. The van der Waals surface area contributed by atoms with Crippen molar-refractivity contribution < 1.29 is 8.83 Å². The molecule has 0 amide bonds. The van der Waals surface area contributed by atoms with Crippen molar-refractivity contribution in [1.29, 1.82) is 0 Å². The highest BCUT2D eigenvalue weighted by molar-refractivity contribution is 5.45. The van der Waals surface area contributed by atoms with Gasteiger partial charge in [-0.2, -0.15) is 0 Å². The number of rotatable bonds is 5. The first-order valence-electron chi connectivity index (χ1n) is 5.59. The van der Waals surface area contributed by atoms with Crippen molar-refractivity contribution in [3.8, 4) is 0 Å². The molecule has 2 heterocycles. The lowest BCUT2D eigenvalue weighted by molar-refractivity contribution is 0.511. The third kappa shape index (κ3) is 2.11. The fourth-order valence-electron chi connectivity index (χ4n) is 1.90. The molecule has 0 unspecified atom stereocenters. The van der Waals surface area contributed by atoms with Gasteiger partial charge in [-0.15, -0.1) is 0 Å². The summed E-state index contributed by atoms with van der Waals surface area (Å²) in [7, 11) is 0. The molecule has 84 valence electrons. The molecule has 0 saturated heterocycles. The van der Waals surface area contributed by atoms with E-state index in [1.807, 2.05) is 12.1 Å². The van der Waals surface area contributed by atoms with Crippen LogP contribution in [0.4, 0.5) is 0 Å². The van der Waals surface area contributed by atoms with E-state index >= 15 is 0 Å². The Balaban J connectivity index is 2.05. The SMILES string of the molecule is C=Cc1occc1CCc1ccoc1CC. The van der Waals surface area contributed by atoms with E-state index in [1.54, 1.807) is 18.6 Å². The van der Waals surface area contributed by atoms with Gasteiger partial charge >= 0.3 is 0 Å². The molecule has 0 N–H and O–H groups in total. The van der Waals surface area contributed by atoms with Crippen LogP contribution in [0.1, 0.15) is 29.6 Å². The van der Waals surface area contributed by atoms with Crippen LogP contribution in [0.5, 0.6) is 0 Å². The Kier molecular flexibility index (Phi) is 3.30. The molecule has 0 fully saturated rings. The van der Waals surface area contributed by atoms with Crippen molar-refractivity contribution in [3.63, 3.8) is 0 Å². The molecule has 0 aromatic carbocycles. The number of furan rings is 2. The highest BCUT2D eigenvalue weighted by atomic mass is 16.3. The van der Waals surface area contributed by atoms with Crippen molar-refractivity contribution >= 4 is 6.08 Å². The first-order chi connectivity index (χ1) is 7.85. The van der Waals surface area contributed by atoms with Crippen LogP contribution < -0.4 is 0 Å². The molecule has 2 aromatic heterocycles. The largest absolute Gasteiger partial charge is 0.469 e. The summed E-state index contributed by atoms with van der Waals surface area (Å²) in [4.78, 5) is 0. The van der Waals surface area contributed by atoms with Gasteiger partial charge in [-0.05, 0) is 42.2 Å². The molecular weight excluding hydrogens is 200 g/mol. The van der Waals surface area contributed by atoms with Gasteiger partial charge in [-0.1, -0.05) is 13.5 Å². The quantitative estimate of drug-likeness (QED) is 0.758. The van der Waals surface area contributed by atoms with Gasteiger partial charge in [-0.3, -0.25) is 0 Å². The summed E-state index contributed by atoms with van der Waals surface area (Å²) in [6.07, 6.45) is 8.12. The number of hydrogen-bond donors (Lipinski definition) is 0. The van der Waals surface area contributed by atoms with E-state index in [1.165, 1.54) is 11.1 Å². The van der Waals surface area contributed by atoms with Gasteiger partial charge in [0.15, 0.2) is 0 Å². The van der Waals surface area contributed by atoms with Gasteiger partial charge < -0.3 is 8.83 Å². The van der Waals surface area contributed by atoms with Crippen molar-refractivity contribution in [2.75, 3.05) is 0 Å². The summed E-state index contributed by atoms with van der Waals surface area (Å²) in [5.41, 5.74) is 2.50. The Labute approximate surface area is 95.6 Å². The van der Waals surface area contributed by atoms with Crippen LogP contribution in [0.25, 0.3) is 6.08 Å². The van der Waals surface area contributed by atoms with E-state index in [9.17, 15) is 0 Å². The summed E-state index contributed by atoms with van der Waals surface area (Å²) in [5, 5.41) is 0. The molecule has 0 aliphatic rings. The minimum absolute atomic E-state index is 0.876. The molecule has 0 spiro atoms. The minimum Gasteiger partial charge on any atom is -0.469 e. The first kappa shape index (κ1) is 10.8. The van der Waals surface area contributed by atoms with Crippen LogP contribution >= 0.6 is 0 Å². The van der Waals surface area contributed by atoms with Crippen LogP contribution in [0, 0.1) is 0 Å². The van der Waals surface area contributed by atoms with E-state index in [4.69, 9.17) is 8.83 Å². The summed E-state index contributed by atoms with van der Waals surface area (Å²) in [6.45, 7) is 5.84. The van der Waals surface area contributed by atoms with Crippen molar-refractivity contribution in [2.45, 2.75) is 26.2 Å². The molecule has 2 heteroatoms. The summed E-state index contributed by atoms with van der Waals surface area (Å²) >= 11 is 0. The highest BCUT2D eigenvalue weighted by Crippen LogP contribution is 2.17. The van der Waals surface area contributed by atoms with Gasteiger partial charge in [-0.25, -0.2) is 0 Å². The van der Waals surface area contributed by atoms with Crippen LogP contribution in [0.3, 0.4) is 0 Å². The van der Waals surface area contributed by atoms with Gasteiger partial charge in [0.2, 0.25) is 0 Å². The second-order valence-corrected chi connectivity index (χ2v) is 3.74. The van der Waals surface area contributed by atoms with Crippen LogP contribution in [-0.4, -0.2) is 0 Å². The lowest BCUT2D eigenvalue weighted by atomic mass is 10.0. The van der Waals surface area contributed by atoms with E-state index in [2.05, 4.69) is 13.5 Å². The van der Waals surface area contributed by atoms with Crippen molar-refractivity contribution in [1.82, 2.24) is 0 Å². The fourth-order valence-corrected chi connectivity index (χ4v) is 1.90. The van der Waals surface area contributed by atoms with Gasteiger partial charge in [0.1, 0.15) is 11.5 Å². The van der Waals surface area contributed by atoms with Crippen LogP contribution in [0.15, 0.2) is 40.1 Å². The molecule has 0 atom stereocenters. The Bertz CT molecular complexity index is 463. The molecule has 0 bridgehead atoms. The van der Waals surface area contributed by atoms with Gasteiger partial charge in [0.25, 0.3) is 0 Å². The van der Waals surface area contributed by atoms with Gasteiger partial charge in [0, 0.05) is 6.42 Å². The lowest BCUT2D eigenvalue weighted by Crippen LogP contribution is -1.93. The third-order valence-corrected chi connectivity index (χ3v) is 2.79. The molecular formula is C14H16O2. The molecule has 0 aliphatic heterocycles. The monoisotopic (exact) mass is 216 g/mol.